The summed E-state index contributed by atoms with van der Waals surface area (Å²) in [6, 6.07) is 7.64. The summed E-state index contributed by atoms with van der Waals surface area (Å²) in [5.41, 5.74) is 1.88. The van der Waals surface area contributed by atoms with E-state index in [4.69, 9.17) is 0 Å². The van der Waals surface area contributed by atoms with Crippen LogP contribution in [-0.2, 0) is 4.79 Å². The number of amides is 2. The topological polar surface area (TPSA) is 75.2 Å². The molecule has 1 aromatic carbocycles. The van der Waals surface area contributed by atoms with E-state index in [-0.39, 0.29) is 17.7 Å². The number of anilines is 1. The van der Waals surface area contributed by atoms with E-state index in [1.807, 2.05) is 43.0 Å². The van der Waals surface area contributed by atoms with Gasteiger partial charge in [-0.15, -0.1) is 10.2 Å². The number of aromatic nitrogens is 2. The Hall–Kier alpha value is -2.28. The smallest absolute Gasteiger partial charge is 0.286 e. The van der Waals surface area contributed by atoms with Crippen molar-refractivity contribution in [2.45, 2.75) is 45.4 Å². The number of hydrogen-bond donors (Lipinski definition) is 1. The standard InChI is InChI=1S/C19H24N4O2S/c1-3-5-16(24)23-11-4-6-14(12-23)18-21-22-19(26-18)17(25)20-15-9-7-13(2)8-10-15/h7-10,14H,3-6,11-12H2,1-2H3,(H,20,25)/t14-/m0/s1. The fourth-order valence-corrected chi connectivity index (χ4v) is 3.95. The lowest BCUT2D eigenvalue weighted by molar-refractivity contribution is -0.132. The second-order valence-corrected chi connectivity index (χ2v) is 7.70. The number of piperidine rings is 1. The third-order valence-corrected chi connectivity index (χ3v) is 5.62. The number of benzene rings is 1. The Kier molecular flexibility index (Phi) is 5.98. The van der Waals surface area contributed by atoms with Gasteiger partial charge in [-0.25, -0.2) is 0 Å². The van der Waals surface area contributed by atoms with Crippen LogP contribution in [0.25, 0.3) is 0 Å². The molecule has 1 N–H and O–H groups in total. The molecule has 0 radical (unpaired) electrons. The van der Waals surface area contributed by atoms with Gasteiger partial charge in [-0.3, -0.25) is 9.59 Å². The normalized spacial score (nSPS) is 17.2. The van der Waals surface area contributed by atoms with Gasteiger partial charge in [-0.05, 0) is 38.3 Å². The van der Waals surface area contributed by atoms with Gasteiger partial charge in [0.05, 0.1) is 0 Å². The van der Waals surface area contributed by atoms with Crippen LogP contribution in [0.1, 0.15) is 58.9 Å². The second kappa shape index (κ2) is 8.40. The van der Waals surface area contributed by atoms with E-state index in [2.05, 4.69) is 15.5 Å². The summed E-state index contributed by atoms with van der Waals surface area (Å²) in [6.07, 6.45) is 3.39. The van der Waals surface area contributed by atoms with Crippen LogP contribution < -0.4 is 5.32 Å². The monoisotopic (exact) mass is 372 g/mol. The summed E-state index contributed by atoms with van der Waals surface area (Å²) in [5, 5.41) is 12.3. The van der Waals surface area contributed by atoms with E-state index >= 15 is 0 Å². The SMILES string of the molecule is CCCC(=O)N1CCC[C@H](c2nnc(C(=O)Nc3ccc(C)cc3)s2)C1. The fourth-order valence-electron chi connectivity index (χ4n) is 3.09. The fraction of sp³-hybridized carbons (Fsp3) is 0.474. The summed E-state index contributed by atoms with van der Waals surface area (Å²) < 4.78 is 0. The molecule has 2 aromatic rings. The molecule has 138 valence electrons. The Morgan fingerprint density at radius 3 is 2.77 bits per heavy atom. The molecule has 1 fully saturated rings. The summed E-state index contributed by atoms with van der Waals surface area (Å²) in [4.78, 5) is 26.5. The molecule has 2 heterocycles. The molecule has 1 aliphatic rings. The van der Waals surface area contributed by atoms with Crippen LogP contribution in [0.15, 0.2) is 24.3 Å². The van der Waals surface area contributed by atoms with E-state index in [1.165, 1.54) is 11.3 Å². The van der Waals surface area contributed by atoms with Crippen molar-refractivity contribution in [2.75, 3.05) is 18.4 Å². The molecule has 1 aromatic heterocycles. The lowest BCUT2D eigenvalue weighted by Crippen LogP contribution is -2.38. The molecule has 0 spiro atoms. The summed E-state index contributed by atoms with van der Waals surface area (Å²) in [5.74, 6) is 0.134. The van der Waals surface area contributed by atoms with Crippen LogP contribution in [0, 0.1) is 6.92 Å². The molecule has 26 heavy (non-hydrogen) atoms. The molecule has 7 heteroatoms. The van der Waals surface area contributed by atoms with Gasteiger partial charge >= 0.3 is 0 Å². The Bertz CT molecular complexity index is 772. The number of carbonyl (C=O) groups excluding carboxylic acids is 2. The Morgan fingerprint density at radius 1 is 1.27 bits per heavy atom. The van der Waals surface area contributed by atoms with Crippen molar-refractivity contribution in [1.29, 1.82) is 0 Å². The molecular formula is C19H24N4O2S. The van der Waals surface area contributed by atoms with Crippen molar-refractivity contribution in [2.24, 2.45) is 0 Å². The van der Waals surface area contributed by atoms with E-state index in [1.54, 1.807) is 0 Å². The van der Waals surface area contributed by atoms with Gasteiger partial charge in [-0.1, -0.05) is 36.0 Å². The zero-order chi connectivity index (χ0) is 18.5. The van der Waals surface area contributed by atoms with Crippen LogP contribution in [-0.4, -0.2) is 40.0 Å². The van der Waals surface area contributed by atoms with Crippen molar-refractivity contribution in [3.63, 3.8) is 0 Å². The van der Waals surface area contributed by atoms with Crippen LogP contribution in [0.3, 0.4) is 0 Å². The Labute approximate surface area is 157 Å². The van der Waals surface area contributed by atoms with Crippen molar-refractivity contribution in [3.05, 3.63) is 39.8 Å². The second-order valence-electron chi connectivity index (χ2n) is 6.69. The van der Waals surface area contributed by atoms with Crippen molar-refractivity contribution in [1.82, 2.24) is 15.1 Å². The average molecular weight is 372 g/mol. The lowest BCUT2D eigenvalue weighted by atomic mass is 9.98. The van der Waals surface area contributed by atoms with Crippen LogP contribution >= 0.6 is 11.3 Å². The predicted molar refractivity (Wildman–Crippen MR) is 103 cm³/mol. The molecular weight excluding hydrogens is 348 g/mol. The Morgan fingerprint density at radius 2 is 2.04 bits per heavy atom. The molecule has 2 amide bonds. The Balaban J connectivity index is 1.64. The van der Waals surface area contributed by atoms with Crippen LogP contribution in [0.2, 0.25) is 0 Å². The summed E-state index contributed by atoms with van der Waals surface area (Å²) >= 11 is 1.32. The number of likely N-dealkylation sites (tertiary alicyclic amines) is 1. The van der Waals surface area contributed by atoms with Gasteiger partial charge < -0.3 is 10.2 Å². The average Bonchev–Trinajstić information content (AvgIpc) is 3.14. The number of aryl methyl sites for hydroxylation is 1. The minimum atomic E-state index is -0.243. The summed E-state index contributed by atoms with van der Waals surface area (Å²) in [6.45, 7) is 5.51. The summed E-state index contributed by atoms with van der Waals surface area (Å²) in [7, 11) is 0. The van der Waals surface area contributed by atoms with Crippen molar-refractivity contribution in [3.8, 4) is 0 Å². The molecule has 0 saturated carbocycles. The molecule has 0 aliphatic carbocycles. The van der Waals surface area contributed by atoms with Gasteiger partial charge in [0.2, 0.25) is 10.9 Å². The number of hydrogen-bond acceptors (Lipinski definition) is 5. The minimum Gasteiger partial charge on any atom is -0.342 e. The molecule has 1 saturated heterocycles. The van der Waals surface area contributed by atoms with Crippen molar-refractivity contribution >= 4 is 28.8 Å². The number of rotatable bonds is 5. The van der Waals surface area contributed by atoms with Gasteiger partial charge in [0.1, 0.15) is 5.01 Å². The largest absolute Gasteiger partial charge is 0.342 e. The van der Waals surface area contributed by atoms with Crippen LogP contribution in [0.4, 0.5) is 5.69 Å². The first-order valence-electron chi connectivity index (χ1n) is 9.06. The molecule has 6 nitrogen and oxygen atoms in total. The lowest BCUT2D eigenvalue weighted by Gasteiger charge is -2.31. The van der Waals surface area contributed by atoms with E-state index in [0.29, 0.717) is 18.0 Å². The minimum absolute atomic E-state index is 0.169. The molecule has 1 atom stereocenters. The van der Waals surface area contributed by atoms with Gasteiger partial charge in [0.15, 0.2) is 0 Å². The van der Waals surface area contributed by atoms with E-state index in [9.17, 15) is 9.59 Å². The maximum atomic E-state index is 12.4. The highest BCUT2D eigenvalue weighted by atomic mass is 32.1. The highest BCUT2D eigenvalue weighted by molar-refractivity contribution is 7.13. The first-order chi connectivity index (χ1) is 12.6. The van der Waals surface area contributed by atoms with Gasteiger partial charge in [0, 0.05) is 31.1 Å². The zero-order valence-corrected chi connectivity index (χ0v) is 16.0. The molecule has 0 unspecified atom stereocenters. The maximum Gasteiger partial charge on any atom is 0.286 e. The number of nitrogens with one attached hydrogen (secondary N) is 1. The first-order valence-corrected chi connectivity index (χ1v) is 9.87. The first kappa shape index (κ1) is 18.5. The molecule has 1 aliphatic heterocycles. The predicted octanol–water partition coefficient (Wildman–Crippen LogP) is 3.60. The highest BCUT2D eigenvalue weighted by Crippen LogP contribution is 2.29. The zero-order valence-electron chi connectivity index (χ0n) is 15.2. The maximum absolute atomic E-state index is 12.4. The van der Waals surface area contributed by atoms with E-state index in [0.717, 1.165) is 42.1 Å². The van der Waals surface area contributed by atoms with Crippen molar-refractivity contribution < 1.29 is 9.59 Å². The van der Waals surface area contributed by atoms with Crippen LogP contribution in [0.5, 0.6) is 0 Å². The van der Waals surface area contributed by atoms with Gasteiger partial charge in [0.25, 0.3) is 5.91 Å². The molecule has 3 rings (SSSR count). The number of nitrogens with zero attached hydrogens (tertiary/aromatic N) is 3. The van der Waals surface area contributed by atoms with Gasteiger partial charge in [-0.2, -0.15) is 0 Å². The third kappa shape index (κ3) is 4.46. The highest BCUT2D eigenvalue weighted by Gasteiger charge is 2.27. The quantitative estimate of drug-likeness (QED) is 0.870. The number of carbonyl (C=O) groups is 2. The van der Waals surface area contributed by atoms with E-state index < -0.39 is 0 Å². The third-order valence-electron chi connectivity index (χ3n) is 4.53. The molecule has 0 bridgehead atoms.